The van der Waals surface area contributed by atoms with Crippen molar-refractivity contribution in [3.8, 4) is 0 Å². The summed E-state index contributed by atoms with van der Waals surface area (Å²) in [5, 5.41) is 0. The van der Waals surface area contributed by atoms with E-state index in [4.69, 9.17) is 0 Å². The molecule has 1 saturated carbocycles. The Balaban J connectivity index is 2.19. The first kappa shape index (κ1) is 7.84. The molecule has 0 radical (unpaired) electrons. The van der Waals surface area contributed by atoms with Gasteiger partial charge in [-0.1, -0.05) is 32.3 Å². The molecule has 1 aliphatic carbocycles. The minimum Gasteiger partial charge on any atom is -0.103 e. The second kappa shape index (κ2) is 3.80. The minimum atomic E-state index is 0.986. The zero-order valence-corrected chi connectivity index (χ0v) is 6.97. The molecule has 0 heterocycles. The van der Waals surface area contributed by atoms with Crippen LogP contribution in [-0.4, -0.2) is 0 Å². The summed E-state index contributed by atoms with van der Waals surface area (Å²) < 4.78 is 0. The molecule has 0 bridgehead atoms. The number of rotatable bonds is 3. The van der Waals surface area contributed by atoms with Gasteiger partial charge >= 0.3 is 0 Å². The van der Waals surface area contributed by atoms with E-state index in [2.05, 4.69) is 13.5 Å². The van der Waals surface area contributed by atoms with Crippen molar-refractivity contribution in [2.75, 3.05) is 0 Å². The van der Waals surface area contributed by atoms with Crippen LogP contribution in [0.3, 0.4) is 0 Å². The summed E-state index contributed by atoms with van der Waals surface area (Å²) in [5.74, 6) is 2.00. The van der Waals surface area contributed by atoms with Gasteiger partial charge in [0, 0.05) is 0 Å². The van der Waals surface area contributed by atoms with E-state index >= 15 is 0 Å². The van der Waals surface area contributed by atoms with Crippen molar-refractivity contribution in [2.24, 2.45) is 11.8 Å². The predicted molar refractivity (Wildman–Crippen MR) is 45.9 cm³/mol. The Morgan fingerprint density at radius 1 is 1.50 bits per heavy atom. The highest BCUT2D eigenvalue weighted by Gasteiger charge is 2.21. The molecule has 0 amide bonds. The van der Waals surface area contributed by atoms with Crippen LogP contribution in [0.15, 0.2) is 12.7 Å². The quantitative estimate of drug-likeness (QED) is 0.524. The fourth-order valence-electron chi connectivity index (χ4n) is 1.98. The van der Waals surface area contributed by atoms with Crippen LogP contribution < -0.4 is 0 Å². The van der Waals surface area contributed by atoms with Crippen molar-refractivity contribution in [1.29, 1.82) is 0 Å². The summed E-state index contributed by atoms with van der Waals surface area (Å²) in [7, 11) is 0. The number of hydrogen-bond acceptors (Lipinski definition) is 0. The molecule has 0 heteroatoms. The van der Waals surface area contributed by atoms with Crippen molar-refractivity contribution in [2.45, 2.75) is 39.0 Å². The van der Waals surface area contributed by atoms with E-state index < -0.39 is 0 Å². The van der Waals surface area contributed by atoms with Crippen molar-refractivity contribution < 1.29 is 0 Å². The maximum atomic E-state index is 3.75. The third-order valence-corrected chi connectivity index (χ3v) is 2.78. The van der Waals surface area contributed by atoms with Gasteiger partial charge in [0.1, 0.15) is 0 Å². The van der Waals surface area contributed by atoms with E-state index in [1.165, 1.54) is 32.1 Å². The highest BCUT2D eigenvalue weighted by Crippen LogP contribution is 2.34. The molecule has 0 aromatic carbocycles. The van der Waals surface area contributed by atoms with Gasteiger partial charge in [-0.05, 0) is 24.7 Å². The topological polar surface area (TPSA) is 0 Å². The fraction of sp³-hybridized carbons (Fsp3) is 0.800. The first-order valence-corrected chi connectivity index (χ1v) is 4.45. The zero-order chi connectivity index (χ0) is 7.40. The lowest BCUT2D eigenvalue weighted by Gasteiger charge is -2.12. The SMILES string of the molecule is C=CCC[C@@H]1CCC[C@H]1C. The van der Waals surface area contributed by atoms with E-state index in [0.717, 1.165) is 11.8 Å². The van der Waals surface area contributed by atoms with Crippen LogP contribution in [0.5, 0.6) is 0 Å². The summed E-state index contributed by atoms with van der Waals surface area (Å²) in [4.78, 5) is 0. The van der Waals surface area contributed by atoms with E-state index in [9.17, 15) is 0 Å². The van der Waals surface area contributed by atoms with Crippen molar-refractivity contribution >= 4 is 0 Å². The van der Waals surface area contributed by atoms with E-state index in [-0.39, 0.29) is 0 Å². The smallest absolute Gasteiger partial charge is 0.0351 e. The monoisotopic (exact) mass is 138 g/mol. The van der Waals surface area contributed by atoms with Crippen LogP contribution in [0.25, 0.3) is 0 Å². The fourth-order valence-corrected chi connectivity index (χ4v) is 1.98. The van der Waals surface area contributed by atoms with E-state index in [0.29, 0.717) is 0 Å². The normalized spacial score (nSPS) is 32.5. The maximum absolute atomic E-state index is 3.75. The van der Waals surface area contributed by atoms with Crippen LogP contribution in [0.4, 0.5) is 0 Å². The lowest BCUT2D eigenvalue weighted by atomic mass is 9.93. The van der Waals surface area contributed by atoms with Gasteiger partial charge in [-0.2, -0.15) is 0 Å². The molecule has 0 spiro atoms. The molecule has 0 aromatic heterocycles. The Kier molecular flexibility index (Phi) is 2.98. The Morgan fingerprint density at radius 2 is 2.30 bits per heavy atom. The van der Waals surface area contributed by atoms with Crippen LogP contribution in [0, 0.1) is 11.8 Å². The average Bonchev–Trinajstić information content (AvgIpc) is 2.31. The Labute approximate surface area is 64.3 Å². The third-order valence-electron chi connectivity index (χ3n) is 2.78. The largest absolute Gasteiger partial charge is 0.103 e. The Bertz CT molecular complexity index is 105. The summed E-state index contributed by atoms with van der Waals surface area (Å²) in [6.07, 6.45) is 9.03. The Morgan fingerprint density at radius 3 is 2.80 bits per heavy atom. The molecular formula is C10H18. The predicted octanol–water partition coefficient (Wildman–Crippen LogP) is 3.39. The van der Waals surface area contributed by atoms with Crippen LogP contribution >= 0.6 is 0 Å². The van der Waals surface area contributed by atoms with Gasteiger partial charge in [-0.25, -0.2) is 0 Å². The van der Waals surface area contributed by atoms with Crippen molar-refractivity contribution in [3.05, 3.63) is 12.7 Å². The molecule has 0 N–H and O–H groups in total. The standard InChI is InChI=1S/C10H18/c1-3-4-7-10-8-5-6-9(10)2/h3,9-10H,1,4-8H2,2H3/t9-,10-/m1/s1. The van der Waals surface area contributed by atoms with Crippen molar-refractivity contribution in [3.63, 3.8) is 0 Å². The molecule has 0 aliphatic heterocycles. The summed E-state index contributed by atoms with van der Waals surface area (Å²) in [6, 6.07) is 0. The Hall–Kier alpha value is -0.260. The average molecular weight is 138 g/mol. The molecule has 0 saturated heterocycles. The highest BCUT2D eigenvalue weighted by molar-refractivity contribution is 4.77. The molecule has 58 valence electrons. The molecule has 0 aromatic rings. The lowest BCUT2D eigenvalue weighted by molar-refractivity contribution is 0.395. The van der Waals surface area contributed by atoms with Crippen LogP contribution in [-0.2, 0) is 0 Å². The number of hydrogen-bond donors (Lipinski definition) is 0. The van der Waals surface area contributed by atoms with Gasteiger partial charge in [-0.15, -0.1) is 6.58 Å². The van der Waals surface area contributed by atoms with E-state index in [1.54, 1.807) is 0 Å². The lowest BCUT2D eigenvalue weighted by Crippen LogP contribution is -2.02. The first-order valence-electron chi connectivity index (χ1n) is 4.45. The molecule has 0 unspecified atom stereocenters. The molecule has 10 heavy (non-hydrogen) atoms. The van der Waals surface area contributed by atoms with Gasteiger partial charge < -0.3 is 0 Å². The highest BCUT2D eigenvalue weighted by atomic mass is 14.3. The second-order valence-electron chi connectivity index (χ2n) is 3.53. The summed E-state index contributed by atoms with van der Waals surface area (Å²) >= 11 is 0. The van der Waals surface area contributed by atoms with Gasteiger partial charge in [0.15, 0.2) is 0 Å². The van der Waals surface area contributed by atoms with Crippen LogP contribution in [0.1, 0.15) is 39.0 Å². The first-order chi connectivity index (χ1) is 4.84. The van der Waals surface area contributed by atoms with Gasteiger partial charge in [0.2, 0.25) is 0 Å². The second-order valence-corrected chi connectivity index (χ2v) is 3.53. The summed E-state index contributed by atoms with van der Waals surface area (Å²) in [6.45, 7) is 6.14. The molecule has 0 nitrogen and oxygen atoms in total. The molecule has 1 aliphatic rings. The molecule has 1 fully saturated rings. The molecule has 2 atom stereocenters. The molecule has 1 rings (SSSR count). The van der Waals surface area contributed by atoms with Gasteiger partial charge in [0.25, 0.3) is 0 Å². The molecular weight excluding hydrogens is 120 g/mol. The zero-order valence-electron chi connectivity index (χ0n) is 6.97. The van der Waals surface area contributed by atoms with Gasteiger partial charge in [0.05, 0.1) is 0 Å². The minimum absolute atomic E-state index is 0.986. The summed E-state index contributed by atoms with van der Waals surface area (Å²) in [5.41, 5.74) is 0. The van der Waals surface area contributed by atoms with Crippen molar-refractivity contribution in [1.82, 2.24) is 0 Å². The number of allylic oxidation sites excluding steroid dienone is 1. The van der Waals surface area contributed by atoms with Gasteiger partial charge in [-0.3, -0.25) is 0 Å². The maximum Gasteiger partial charge on any atom is -0.0351 e. The van der Waals surface area contributed by atoms with Crippen LogP contribution in [0.2, 0.25) is 0 Å². The van der Waals surface area contributed by atoms with E-state index in [1.807, 2.05) is 6.08 Å². The third kappa shape index (κ3) is 1.86.